The first kappa shape index (κ1) is 18.1. The van der Waals surface area contributed by atoms with Gasteiger partial charge in [-0.3, -0.25) is 9.59 Å². The van der Waals surface area contributed by atoms with Gasteiger partial charge in [-0.05, 0) is 48.6 Å². The van der Waals surface area contributed by atoms with Crippen molar-refractivity contribution >= 4 is 34.8 Å². The molecule has 0 bridgehead atoms. The molecule has 0 fully saturated rings. The van der Waals surface area contributed by atoms with E-state index in [9.17, 15) is 14.4 Å². The van der Waals surface area contributed by atoms with Gasteiger partial charge < -0.3 is 15.0 Å². The molecule has 0 saturated carbocycles. The summed E-state index contributed by atoms with van der Waals surface area (Å²) < 4.78 is 5.34. The van der Waals surface area contributed by atoms with Gasteiger partial charge >= 0.3 is 5.97 Å². The number of nitrogens with one attached hydrogen (secondary N) is 1. The van der Waals surface area contributed by atoms with E-state index in [-0.39, 0.29) is 17.4 Å². The van der Waals surface area contributed by atoms with Crippen LogP contribution in [0.5, 0.6) is 0 Å². The van der Waals surface area contributed by atoms with E-state index in [1.54, 1.807) is 41.4 Å². The van der Waals surface area contributed by atoms with Gasteiger partial charge in [-0.15, -0.1) is 11.3 Å². The summed E-state index contributed by atoms with van der Waals surface area (Å²) in [7, 11) is 0. The van der Waals surface area contributed by atoms with E-state index < -0.39 is 12.1 Å². The van der Waals surface area contributed by atoms with Crippen LogP contribution in [0.3, 0.4) is 0 Å². The fourth-order valence-corrected chi connectivity index (χ4v) is 3.79. The quantitative estimate of drug-likeness (QED) is 0.838. The zero-order valence-electron chi connectivity index (χ0n) is 14.7. The van der Waals surface area contributed by atoms with Crippen molar-refractivity contribution in [1.29, 1.82) is 0 Å². The Morgan fingerprint density at radius 3 is 2.85 bits per heavy atom. The molecule has 0 saturated heterocycles. The monoisotopic (exact) mass is 372 g/mol. The Bertz CT molecular complexity index is 846. The van der Waals surface area contributed by atoms with Gasteiger partial charge in [-0.1, -0.05) is 6.07 Å². The minimum Gasteiger partial charge on any atom is -0.449 e. The lowest BCUT2D eigenvalue weighted by molar-refractivity contribution is -0.140. The lowest BCUT2D eigenvalue weighted by Crippen LogP contribution is -2.42. The van der Waals surface area contributed by atoms with E-state index in [0.717, 1.165) is 12.0 Å². The second-order valence-corrected chi connectivity index (χ2v) is 7.19. The zero-order chi connectivity index (χ0) is 18.7. The van der Waals surface area contributed by atoms with Gasteiger partial charge in [0.1, 0.15) is 0 Å². The third kappa shape index (κ3) is 4.11. The van der Waals surface area contributed by atoms with E-state index >= 15 is 0 Å². The molecule has 0 radical (unpaired) electrons. The van der Waals surface area contributed by atoms with Crippen molar-refractivity contribution in [2.45, 2.75) is 32.9 Å². The molecule has 2 amide bonds. The first-order valence-corrected chi connectivity index (χ1v) is 9.24. The summed E-state index contributed by atoms with van der Waals surface area (Å²) in [6.45, 7) is 4.16. The highest BCUT2D eigenvalue weighted by Gasteiger charge is 2.27. The molecule has 1 unspecified atom stereocenters. The molecule has 1 aromatic heterocycles. The number of nitrogens with zero attached hydrogens (tertiary/aromatic N) is 1. The van der Waals surface area contributed by atoms with Gasteiger partial charge in [0.05, 0.1) is 5.56 Å². The predicted octanol–water partition coefficient (Wildman–Crippen LogP) is 2.84. The normalized spacial score (nSPS) is 14.3. The molecular weight excluding hydrogens is 352 g/mol. The maximum absolute atomic E-state index is 12.6. The number of fused-ring (bicyclic) bond motifs is 1. The van der Waals surface area contributed by atoms with Gasteiger partial charge in [0.25, 0.3) is 5.91 Å². The molecule has 3 rings (SSSR count). The summed E-state index contributed by atoms with van der Waals surface area (Å²) >= 11 is 1.71. The SMILES string of the molecule is CC(=O)Nc1cccc(C(=O)OC(C)C(=O)N2CCc3sccc3C2)c1. The molecule has 1 aromatic carbocycles. The molecule has 1 N–H and O–H groups in total. The maximum atomic E-state index is 12.6. The van der Waals surface area contributed by atoms with Gasteiger partial charge in [-0.2, -0.15) is 0 Å². The second-order valence-electron chi connectivity index (χ2n) is 6.19. The van der Waals surface area contributed by atoms with E-state index in [4.69, 9.17) is 4.74 Å². The lowest BCUT2D eigenvalue weighted by Gasteiger charge is -2.29. The molecule has 0 spiro atoms. The molecule has 1 atom stereocenters. The summed E-state index contributed by atoms with van der Waals surface area (Å²) in [6.07, 6.45) is -0.0369. The highest BCUT2D eigenvalue weighted by molar-refractivity contribution is 7.10. The van der Waals surface area contributed by atoms with Crippen LogP contribution in [0.4, 0.5) is 5.69 Å². The molecule has 2 aromatic rings. The number of anilines is 1. The molecule has 2 heterocycles. The third-order valence-corrected chi connectivity index (χ3v) is 5.19. The summed E-state index contributed by atoms with van der Waals surface area (Å²) in [5.41, 5.74) is 1.96. The molecule has 1 aliphatic heterocycles. The number of ether oxygens (including phenoxy) is 1. The second kappa shape index (κ2) is 7.70. The maximum Gasteiger partial charge on any atom is 0.338 e. The van der Waals surface area contributed by atoms with E-state index in [1.807, 2.05) is 11.4 Å². The minimum absolute atomic E-state index is 0.201. The Kier molecular flexibility index (Phi) is 5.37. The van der Waals surface area contributed by atoms with E-state index in [1.165, 1.54) is 17.9 Å². The number of thiophene rings is 1. The van der Waals surface area contributed by atoms with Crippen molar-refractivity contribution in [3.8, 4) is 0 Å². The van der Waals surface area contributed by atoms with Crippen LogP contribution in [0.1, 0.15) is 34.6 Å². The first-order chi connectivity index (χ1) is 12.4. The van der Waals surface area contributed by atoms with Gasteiger partial charge in [-0.25, -0.2) is 4.79 Å². The average Bonchev–Trinajstić information content (AvgIpc) is 3.08. The topological polar surface area (TPSA) is 75.7 Å². The highest BCUT2D eigenvalue weighted by atomic mass is 32.1. The average molecular weight is 372 g/mol. The van der Waals surface area contributed by atoms with Crippen LogP contribution in [0.15, 0.2) is 35.7 Å². The highest BCUT2D eigenvalue weighted by Crippen LogP contribution is 2.24. The third-order valence-electron chi connectivity index (χ3n) is 4.17. The largest absolute Gasteiger partial charge is 0.449 e. The Morgan fingerprint density at radius 1 is 1.27 bits per heavy atom. The van der Waals surface area contributed by atoms with Crippen LogP contribution in [0, 0.1) is 0 Å². The smallest absolute Gasteiger partial charge is 0.338 e. The van der Waals surface area contributed by atoms with Crippen LogP contribution in [-0.4, -0.2) is 35.3 Å². The molecular formula is C19H20N2O4S. The Morgan fingerprint density at radius 2 is 2.08 bits per heavy atom. The lowest BCUT2D eigenvalue weighted by atomic mass is 10.1. The van der Waals surface area contributed by atoms with E-state index in [0.29, 0.717) is 18.8 Å². The van der Waals surface area contributed by atoms with Crippen molar-refractivity contribution < 1.29 is 19.1 Å². The summed E-state index contributed by atoms with van der Waals surface area (Å²) in [6, 6.07) is 8.47. The summed E-state index contributed by atoms with van der Waals surface area (Å²) in [4.78, 5) is 39.1. The number of hydrogen-bond donors (Lipinski definition) is 1. The summed E-state index contributed by atoms with van der Waals surface area (Å²) in [5.74, 6) is -1.02. The molecule has 6 nitrogen and oxygen atoms in total. The van der Waals surface area contributed by atoms with Crippen molar-refractivity contribution in [2.75, 3.05) is 11.9 Å². The molecule has 0 aliphatic carbocycles. The number of amides is 2. The number of carbonyl (C=O) groups excluding carboxylic acids is 3. The molecule has 7 heteroatoms. The van der Waals surface area contributed by atoms with E-state index in [2.05, 4.69) is 5.32 Å². The first-order valence-electron chi connectivity index (χ1n) is 8.36. The number of hydrogen-bond acceptors (Lipinski definition) is 5. The van der Waals surface area contributed by atoms with Crippen molar-refractivity contribution in [3.05, 3.63) is 51.7 Å². The number of carbonyl (C=O) groups is 3. The number of esters is 1. The fraction of sp³-hybridized carbons (Fsp3) is 0.316. The number of rotatable bonds is 4. The Balaban J connectivity index is 1.62. The van der Waals surface area contributed by atoms with Crippen molar-refractivity contribution in [3.63, 3.8) is 0 Å². The molecule has 136 valence electrons. The minimum atomic E-state index is -0.868. The van der Waals surface area contributed by atoms with Crippen molar-refractivity contribution in [1.82, 2.24) is 4.90 Å². The molecule has 1 aliphatic rings. The fourth-order valence-electron chi connectivity index (χ4n) is 2.90. The zero-order valence-corrected chi connectivity index (χ0v) is 15.5. The van der Waals surface area contributed by atoms with Crippen LogP contribution >= 0.6 is 11.3 Å². The van der Waals surface area contributed by atoms with Crippen LogP contribution in [-0.2, 0) is 27.3 Å². The predicted molar refractivity (Wildman–Crippen MR) is 99.1 cm³/mol. The van der Waals surface area contributed by atoms with Gasteiger partial charge in [0.15, 0.2) is 6.10 Å². The Hall–Kier alpha value is -2.67. The van der Waals surface area contributed by atoms with Crippen molar-refractivity contribution in [2.24, 2.45) is 0 Å². The van der Waals surface area contributed by atoms with Gasteiger partial charge in [0, 0.05) is 30.6 Å². The van der Waals surface area contributed by atoms with Crippen LogP contribution < -0.4 is 5.32 Å². The summed E-state index contributed by atoms with van der Waals surface area (Å²) in [5, 5.41) is 4.65. The Labute approximate surface area is 155 Å². The van der Waals surface area contributed by atoms with Crippen LogP contribution in [0.25, 0.3) is 0 Å². The number of benzene rings is 1. The van der Waals surface area contributed by atoms with Crippen LogP contribution in [0.2, 0.25) is 0 Å². The molecule has 26 heavy (non-hydrogen) atoms. The van der Waals surface area contributed by atoms with Gasteiger partial charge in [0.2, 0.25) is 5.91 Å². The standard InChI is InChI=1S/C19H20N2O4S/c1-12(18(23)21-8-6-17-15(11-21)7-9-26-17)25-19(24)14-4-3-5-16(10-14)20-13(2)22/h3-5,7,9-10,12H,6,8,11H2,1-2H3,(H,20,22).